The maximum atomic E-state index is 10.1. The van der Waals surface area contributed by atoms with Crippen molar-refractivity contribution in [2.75, 3.05) is 5.32 Å². The summed E-state index contributed by atoms with van der Waals surface area (Å²) in [5, 5.41) is 14.5. The number of anilines is 2. The van der Waals surface area contributed by atoms with Crippen LogP contribution in [0.5, 0.6) is 0 Å². The monoisotopic (exact) mass is 299 g/mol. The molecule has 0 amide bonds. The highest BCUT2D eigenvalue weighted by Gasteiger charge is 2.31. The van der Waals surface area contributed by atoms with Gasteiger partial charge in [0.2, 0.25) is 0 Å². The Hall–Kier alpha value is -1.74. The molecule has 0 radical (unpaired) electrons. The van der Waals surface area contributed by atoms with Gasteiger partial charge in [-0.2, -0.15) is 0 Å². The second-order valence-electron chi connectivity index (χ2n) is 6.49. The molecule has 1 heterocycles. The first-order valence-electron chi connectivity index (χ1n) is 7.31. The number of rotatable bonds is 3. The Labute approximate surface area is 130 Å². The van der Waals surface area contributed by atoms with Crippen molar-refractivity contribution in [1.29, 1.82) is 0 Å². The van der Waals surface area contributed by atoms with Gasteiger partial charge in [0.05, 0.1) is 5.56 Å². The molecule has 0 spiro atoms. The number of benzene rings is 1. The molecule has 0 saturated carbocycles. The first-order chi connectivity index (χ1) is 9.96. The van der Waals surface area contributed by atoms with Crippen LogP contribution in [0.15, 0.2) is 36.9 Å². The van der Waals surface area contributed by atoms with E-state index in [-0.39, 0.29) is 5.76 Å². The standard InChI is InChI=1S/C18H21NOS/c1-12(20)16-14-11-18(2,3)10-9-15(14)21-17(16)19-13-7-5-4-6-8-13/h4-8,19-20H,1,9-11H2,2-3H3. The average molecular weight is 299 g/mol. The number of hydrogen-bond acceptors (Lipinski definition) is 3. The van der Waals surface area contributed by atoms with Gasteiger partial charge in [-0.15, -0.1) is 11.3 Å². The summed E-state index contributed by atoms with van der Waals surface area (Å²) in [4.78, 5) is 1.39. The summed E-state index contributed by atoms with van der Waals surface area (Å²) < 4.78 is 0. The molecule has 3 heteroatoms. The van der Waals surface area contributed by atoms with Crippen molar-refractivity contribution in [2.45, 2.75) is 33.1 Å². The minimum atomic E-state index is 0.170. The van der Waals surface area contributed by atoms with Crippen molar-refractivity contribution < 1.29 is 5.11 Å². The van der Waals surface area contributed by atoms with Gasteiger partial charge in [0.25, 0.3) is 0 Å². The van der Waals surface area contributed by atoms with E-state index in [1.807, 2.05) is 30.3 Å². The largest absolute Gasteiger partial charge is 0.508 e. The van der Waals surface area contributed by atoms with E-state index in [1.54, 1.807) is 11.3 Å². The van der Waals surface area contributed by atoms with E-state index in [0.717, 1.165) is 29.1 Å². The lowest BCUT2D eigenvalue weighted by Crippen LogP contribution is -2.21. The zero-order valence-corrected chi connectivity index (χ0v) is 13.4. The summed E-state index contributed by atoms with van der Waals surface area (Å²) in [7, 11) is 0. The highest BCUT2D eigenvalue weighted by atomic mass is 32.1. The van der Waals surface area contributed by atoms with E-state index in [4.69, 9.17) is 0 Å². The minimum Gasteiger partial charge on any atom is -0.508 e. The van der Waals surface area contributed by atoms with Gasteiger partial charge in [0, 0.05) is 10.6 Å². The van der Waals surface area contributed by atoms with Crippen molar-refractivity contribution in [3.8, 4) is 0 Å². The summed E-state index contributed by atoms with van der Waals surface area (Å²) in [5.41, 5.74) is 3.52. The fraction of sp³-hybridized carbons (Fsp3) is 0.333. The van der Waals surface area contributed by atoms with Gasteiger partial charge in [0.1, 0.15) is 10.8 Å². The molecule has 21 heavy (non-hydrogen) atoms. The SMILES string of the molecule is C=C(O)c1c(Nc2ccccc2)sc2c1CC(C)(C)CC2. The molecule has 0 aliphatic heterocycles. The van der Waals surface area contributed by atoms with Crippen LogP contribution in [0.3, 0.4) is 0 Å². The summed E-state index contributed by atoms with van der Waals surface area (Å²) >= 11 is 1.75. The second-order valence-corrected chi connectivity index (χ2v) is 7.59. The number of para-hydroxylation sites is 1. The number of aliphatic hydroxyl groups excluding tert-OH is 1. The summed E-state index contributed by atoms with van der Waals surface area (Å²) in [6, 6.07) is 10.1. The number of thiophene rings is 1. The minimum absolute atomic E-state index is 0.170. The molecule has 3 rings (SSSR count). The quantitative estimate of drug-likeness (QED) is 0.730. The highest BCUT2D eigenvalue weighted by Crippen LogP contribution is 2.46. The van der Waals surface area contributed by atoms with Gasteiger partial charge < -0.3 is 10.4 Å². The van der Waals surface area contributed by atoms with Gasteiger partial charge in [-0.3, -0.25) is 0 Å². The molecular weight excluding hydrogens is 278 g/mol. The van der Waals surface area contributed by atoms with Crippen LogP contribution in [0.2, 0.25) is 0 Å². The number of hydrogen-bond donors (Lipinski definition) is 2. The van der Waals surface area contributed by atoms with Crippen molar-refractivity contribution in [1.82, 2.24) is 0 Å². The molecule has 1 aromatic heterocycles. The third-order valence-corrected chi connectivity index (χ3v) is 5.30. The molecule has 0 bridgehead atoms. The Morgan fingerprint density at radius 3 is 2.67 bits per heavy atom. The number of aryl methyl sites for hydroxylation is 1. The van der Waals surface area contributed by atoms with Crippen LogP contribution >= 0.6 is 11.3 Å². The van der Waals surface area contributed by atoms with E-state index >= 15 is 0 Å². The van der Waals surface area contributed by atoms with Gasteiger partial charge in [0.15, 0.2) is 0 Å². The molecule has 2 N–H and O–H groups in total. The number of aliphatic hydroxyl groups is 1. The third kappa shape index (κ3) is 2.84. The van der Waals surface area contributed by atoms with Crippen molar-refractivity contribution in [2.24, 2.45) is 5.41 Å². The molecule has 0 fully saturated rings. The smallest absolute Gasteiger partial charge is 0.118 e. The second kappa shape index (κ2) is 5.23. The third-order valence-electron chi connectivity index (χ3n) is 4.10. The molecule has 1 aliphatic rings. The van der Waals surface area contributed by atoms with Crippen LogP contribution in [0.1, 0.15) is 36.3 Å². The molecule has 0 atom stereocenters. The van der Waals surface area contributed by atoms with Gasteiger partial charge in [-0.05, 0) is 42.4 Å². The predicted molar refractivity (Wildman–Crippen MR) is 91.5 cm³/mol. The zero-order chi connectivity index (χ0) is 15.0. The van der Waals surface area contributed by atoms with Crippen LogP contribution in [-0.4, -0.2) is 5.11 Å². The molecule has 2 nitrogen and oxygen atoms in total. The van der Waals surface area contributed by atoms with Crippen molar-refractivity contribution in [3.63, 3.8) is 0 Å². The van der Waals surface area contributed by atoms with Crippen LogP contribution in [0.4, 0.5) is 10.7 Å². The molecule has 110 valence electrons. The Kier molecular flexibility index (Phi) is 3.54. The maximum Gasteiger partial charge on any atom is 0.118 e. The fourth-order valence-electron chi connectivity index (χ4n) is 2.97. The Bertz CT molecular complexity index is 670. The molecule has 2 aromatic rings. The Morgan fingerprint density at radius 2 is 2.00 bits per heavy atom. The molecule has 0 unspecified atom stereocenters. The summed E-state index contributed by atoms with van der Waals surface area (Å²) in [6.07, 6.45) is 3.29. The normalized spacial score (nSPS) is 16.3. The Balaban J connectivity index is 2.02. The Morgan fingerprint density at radius 1 is 1.29 bits per heavy atom. The van der Waals surface area contributed by atoms with E-state index in [2.05, 4.69) is 25.7 Å². The lowest BCUT2D eigenvalue weighted by Gasteiger charge is -2.29. The average Bonchev–Trinajstić information content (AvgIpc) is 2.75. The van der Waals surface area contributed by atoms with E-state index in [9.17, 15) is 5.11 Å². The lowest BCUT2D eigenvalue weighted by atomic mass is 9.76. The van der Waals surface area contributed by atoms with Crippen molar-refractivity contribution in [3.05, 3.63) is 52.9 Å². The van der Waals surface area contributed by atoms with Crippen LogP contribution in [-0.2, 0) is 12.8 Å². The number of nitrogens with one attached hydrogen (secondary N) is 1. The first-order valence-corrected chi connectivity index (χ1v) is 8.13. The number of fused-ring (bicyclic) bond motifs is 1. The summed E-state index contributed by atoms with van der Waals surface area (Å²) in [6.45, 7) is 8.36. The van der Waals surface area contributed by atoms with Gasteiger partial charge in [-0.25, -0.2) is 0 Å². The molecule has 1 aromatic carbocycles. The first kappa shape index (κ1) is 14.2. The molecule has 1 aliphatic carbocycles. The van der Waals surface area contributed by atoms with E-state index < -0.39 is 0 Å². The van der Waals surface area contributed by atoms with Crippen LogP contribution < -0.4 is 5.32 Å². The molecule has 0 saturated heterocycles. The van der Waals surface area contributed by atoms with Crippen LogP contribution in [0, 0.1) is 5.41 Å². The van der Waals surface area contributed by atoms with E-state index in [1.165, 1.54) is 16.9 Å². The topological polar surface area (TPSA) is 32.3 Å². The van der Waals surface area contributed by atoms with Crippen LogP contribution in [0.25, 0.3) is 5.76 Å². The van der Waals surface area contributed by atoms with Gasteiger partial charge >= 0.3 is 0 Å². The fourth-order valence-corrected chi connectivity index (χ4v) is 4.23. The maximum absolute atomic E-state index is 10.1. The zero-order valence-electron chi connectivity index (χ0n) is 12.6. The van der Waals surface area contributed by atoms with Crippen molar-refractivity contribution >= 4 is 27.8 Å². The lowest BCUT2D eigenvalue weighted by molar-refractivity contribution is 0.317. The predicted octanol–water partition coefficient (Wildman–Crippen LogP) is 5.54. The highest BCUT2D eigenvalue weighted by molar-refractivity contribution is 7.16. The summed E-state index contributed by atoms with van der Waals surface area (Å²) in [5.74, 6) is 0.170. The van der Waals surface area contributed by atoms with Gasteiger partial charge in [-0.1, -0.05) is 38.6 Å². The molecular formula is C18H21NOS. The van der Waals surface area contributed by atoms with E-state index in [0.29, 0.717) is 5.41 Å².